The molecule has 2 aromatic rings. The van der Waals surface area contributed by atoms with E-state index in [1.165, 1.54) is 19.8 Å². The van der Waals surface area contributed by atoms with E-state index < -0.39 is 11.6 Å². The molecule has 0 spiro atoms. The Labute approximate surface area is 205 Å². The number of carbonyl (C=O) groups excluding carboxylic acids is 2. The first-order valence-corrected chi connectivity index (χ1v) is 11.3. The quantitative estimate of drug-likeness (QED) is 0.343. The van der Waals surface area contributed by atoms with Gasteiger partial charge in [-0.1, -0.05) is 31.2 Å². The maximum Gasteiger partial charge on any atom is 0.361 e. The molecule has 1 unspecified atom stereocenters. The number of quaternary nitrogens is 1. The number of ether oxygens (including phenoxy) is 3. The van der Waals surface area contributed by atoms with Gasteiger partial charge in [0.1, 0.15) is 6.54 Å². The lowest BCUT2D eigenvalue weighted by Crippen LogP contribution is -3.00. The summed E-state index contributed by atoms with van der Waals surface area (Å²) in [6, 6.07) is 8.07. The number of hydrogen-bond acceptors (Lipinski definition) is 5. The minimum Gasteiger partial charge on any atom is -1.00 e. The summed E-state index contributed by atoms with van der Waals surface area (Å²) in [5.74, 6) is -0.553. The SMILES string of the molecule is CCC1=C[C@H]2C[C@@](OC)(C(=O)OC)c3[nH]c4ccccc4c3CC[N+](CC(=O)OC)(C1)C2.[Br-]. The predicted octanol–water partition coefficient (Wildman–Crippen LogP) is 0.0888. The molecule has 0 radical (unpaired) electrons. The van der Waals surface area contributed by atoms with E-state index in [4.69, 9.17) is 14.2 Å². The molecule has 0 saturated heterocycles. The number of methoxy groups -OCH3 is 3. The fraction of sp³-hybridized carbons (Fsp3) is 0.520. The number of para-hydroxylation sites is 1. The minimum absolute atomic E-state index is 0. The van der Waals surface area contributed by atoms with E-state index >= 15 is 0 Å². The summed E-state index contributed by atoms with van der Waals surface area (Å²) in [4.78, 5) is 29.2. The molecule has 2 bridgehead atoms. The second-order valence-corrected chi connectivity index (χ2v) is 9.08. The van der Waals surface area contributed by atoms with Gasteiger partial charge in [-0.05, 0) is 23.6 Å². The first-order valence-electron chi connectivity index (χ1n) is 11.3. The molecule has 3 atom stereocenters. The standard InChI is InChI=1S/C25H33N2O5.BrH/c1-5-17-12-18-13-25(32-4,24(29)31-3)23-20(19-8-6-7-9-21(19)26-23)10-11-27(14-17,15-18)16-22(28)30-2;/h6-9,12,18,26H,5,10-11,13-16H2,1-4H3;1H/q+1;/p-1/t18-,25-,27?;/m0./s1. The summed E-state index contributed by atoms with van der Waals surface area (Å²) >= 11 is 0. The summed E-state index contributed by atoms with van der Waals surface area (Å²) in [7, 11) is 4.43. The van der Waals surface area contributed by atoms with Crippen molar-refractivity contribution in [3.05, 3.63) is 47.2 Å². The van der Waals surface area contributed by atoms with Crippen LogP contribution >= 0.6 is 0 Å². The molecular weight excluding hydrogens is 488 g/mol. The van der Waals surface area contributed by atoms with E-state index in [9.17, 15) is 9.59 Å². The third kappa shape index (κ3) is 4.48. The summed E-state index contributed by atoms with van der Waals surface area (Å²) < 4.78 is 17.0. The van der Waals surface area contributed by atoms with Gasteiger partial charge in [-0.25, -0.2) is 9.59 Å². The van der Waals surface area contributed by atoms with Crippen molar-refractivity contribution in [3.8, 4) is 0 Å². The largest absolute Gasteiger partial charge is 1.00 e. The van der Waals surface area contributed by atoms with Crippen LogP contribution in [0.2, 0.25) is 0 Å². The van der Waals surface area contributed by atoms with E-state index in [-0.39, 0.29) is 28.9 Å². The second-order valence-electron chi connectivity index (χ2n) is 9.08. The molecule has 2 aliphatic rings. The molecule has 3 heterocycles. The topological polar surface area (TPSA) is 77.6 Å². The van der Waals surface area contributed by atoms with Crippen molar-refractivity contribution in [1.29, 1.82) is 0 Å². The minimum atomic E-state index is -1.24. The highest BCUT2D eigenvalue weighted by atomic mass is 79.9. The second kappa shape index (κ2) is 9.99. The molecule has 0 saturated carbocycles. The molecule has 1 N–H and O–H groups in total. The van der Waals surface area contributed by atoms with Crippen LogP contribution in [-0.4, -0.2) is 68.9 Å². The van der Waals surface area contributed by atoms with Crippen LogP contribution < -0.4 is 17.0 Å². The number of nitrogens with one attached hydrogen (secondary N) is 1. The van der Waals surface area contributed by atoms with Crippen molar-refractivity contribution < 1.29 is 45.3 Å². The van der Waals surface area contributed by atoms with Crippen molar-refractivity contribution >= 4 is 22.8 Å². The number of benzene rings is 1. The Balaban J connectivity index is 0.00000306. The highest BCUT2D eigenvalue weighted by Gasteiger charge is 2.50. The van der Waals surface area contributed by atoms with Crippen LogP contribution in [0.3, 0.4) is 0 Å². The lowest BCUT2D eigenvalue weighted by atomic mass is 9.83. The third-order valence-electron chi connectivity index (χ3n) is 7.24. The zero-order chi connectivity index (χ0) is 22.9. The van der Waals surface area contributed by atoms with Crippen molar-refractivity contribution in [3.63, 3.8) is 0 Å². The van der Waals surface area contributed by atoms with Crippen LogP contribution in [0.15, 0.2) is 35.9 Å². The molecular formula is C25H33BrN2O5. The molecule has 0 aliphatic carbocycles. The normalized spacial score (nSPS) is 26.7. The summed E-state index contributed by atoms with van der Waals surface area (Å²) in [5.41, 5.74) is 2.85. The zero-order valence-electron chi connectivity index (χ0n) is 19.8. The molecule has 8 heteroatoms. The molecule has 0 fully saturated rings. The molecule has 7 nitrogen and oxygen atoms in total. The van der Waals surface area contributed by atoms with E-state index in [1.807, 2.05) is 18.2 Å². The first kappa shape index (κ1) is 25.5. The number of nitrogens with zero attached hydrogens (tertiary/aromatic N) is 1. The fourth-order valence-corrected chi connectivity index (χ4v) is 5.74. The number of carbonyl (C=O) groups is 2. The van der Waals surface area contributed by atoms with Gasteiger partial charge >= 0.3 is 11.9 Å². The van der Waals surface area contributed by atoms with Gasteiger partial charge in [-0.15, -0.1) is 0 Å². The van der Waals surface area contributed by atoms with Gasteiger partial charge in [0.25, 0.3) is 0 Å². The maximum absolute atomic E-state index is 13.3. The van der Waals surface area contributed by atoms with Gasteiger partial charge in [-0.2, -0.15) is 0 Å². The Morgan fingerprint density at radius 3 is 2.61 bits per heavy atom. The van der Waals surface area contributed by atoms with Gasteiger partial charge in [0.05, 0.1) is 33.0 Å². The number of esters is 2. The van der Waals surface area contributed by atoms with Crippen molar-refractivity contribution in [2.24, 2.45) is 5.92 Å². The van der Waals surface area contributed by atoms with E-state index in [0.29, 0.717) is 23.9 Å². The van der Waals surface area contributed by atoms with E-state index in [0.717, 1.165) is 48.2 Å². The number of halogens is 1. The van der Waals surface area contributed by atoms with Gasteiger partial charge < -0.3 is 40.7 Å². The molecule has 180 valence electrons. The highest BCUT2D eigenvalue weighted by Crippen LogP contribution is 2.42. The molecule has 4 rings (SSSR count). The summed E-state index contributed by atoms with van der Waals surface area (Å²) in [5, 5.41) is 1.07. The zero-order valence-corrected chi connectivity index (χ0v) is 21.4. The number of rotatable bonds is 5. The molecule has 0 amide bonds. The Kier molecular flexibility index (Phi) is 7.71. The Hall–Kier alpha value is -2.16. The highest BCUT2D eigenvalue weighted by molar-refractivity contribution is 5.89. The van der Waals surface area contributed by atoms with Gasteiger partial charge in [-0.3, -0.25) is 0 Å². The Morgan fingerprint density at radius 1 is 1.18 bits per heavy atom. The Bertz CT molecular complexity index is 1060. The van der Waals surface area contributed by atoms with Crippen LogP contribution in [0, 0.1) is 5.92 Å². The number of aromatic amines is 1. The molecule has 2 aliphatic heterocycles. The molecule has 1 aromatic carbocycles. The smallest absolute Gasteiger partial charge is 0.361 e. The van der Waals surface area contributed by atoms with Crippen LogP contribution in [-0.2, 0) is 35.8 Å². The lowest BCUT2D eigenvalue weighted by molar-refractivity contribution is -0.921. The number of hydrogen-bond donors (Lipinski definition) is 1. The lowest BCUT2D eigenvalue weighted by Gasteiger charge is -2.43. The van der Waals surface area contributed by atoms with E-state index in [2.05, 4.69) is 24.1 Å². The van der Waals surface area contributed by atoms with Gasteiger partial charge in [0.2, 0.25) is 5.60 Å². The average molecular weight is 521 g/mol. The van der Waals surface area contributed by atoms with E-state index in [1.54, 1.807) is 7.11 Å². The Morgan fingerprint density at radius 2 is 1.94 bits per heavy atom. The predicted molar refractivity (Wildman–Crippen MR) is 121 cm³/mol. The molecule has 1 aromatic heterocycles. The first-order chi connectivity index (χ1) is 15.4. The summed E-state index contributed by atoms with van der Waals surface area (Å²) in [6.45, 7) is 4.81. The van der Waals surface area contributed by atoms with Gasteiger partial charge in [0.15, 0.2) is 6.54 Å². The monoisotopic (exact) mass is 520 g/mol. The van der Waals surface area contributed by atoms with Gasteiger partial charge in [0, 0.05) is 36.8 Å². The van der Waals surface area contributed by atoms with Crippen LogP contribution in [0.5, 0.6) is 0 Å². The van der Waals surface area contributed by atoms with Crippen LogP contribution in [0.4, 0.5) is 0 Å². The number of aromatic nitrogens is 1. The summed E-state index contributed by atoms with van der Waals surface area (Å²) in [6.07, 6.45) is 4.34. The number of H-pyrrole nitrogens is 1. The van der Waals surface area contributed by atoms with Crippen molar-refractivity contribution in [2.75, 3.05) is 47.5 Å². The third-order valence-corrected chi connectivity index (χ3v) is 7.24. The molecule has 33 heavy (non-hydrogen) atoms. The van der Waals surface area contributed by atoms with Crippen LogP contribution in [0.25, 0.3) is 10.9 Å². The van der Waals surface area contributed by atoms with Crippen molar-refractivity contribution in [1.82, 2.24) is 4.98 Å². The van der Waals surface area contributed by atoms with Crippen molar-refractivity contribution in [2.45, 2.75) is 31.8 Å². The fourth-order valence-electron chi connectivity index (χ4n) is 5.74. The maximum atomic E-state index is 13.3. The average Bonchev–Trinajstić information content (AvgIpc) is 3.20. The van der Waals surface area contributed by atoms with Crippen LogP contribution in [0.1, 0.15) is 31.0 Å². The number of fused-ring (bicyclic) bond motifs is 5.